The van der Waals surface area contributed by atoms with Gasteiger partial charge in [-0.2, -0.15) is 15.0 Å². The zero-order valence-corrected chi connectivity index (χ0v) is 17.2. The number of rotatable bonds is 5. The quantitative estimate of drug-likeness (QED) is 0.471. The average molecular weight is 401 g/mol. The fourth-order valence-corrected chi connectivity index (χ4v) is 4.04. The lowest BCUT2D eigenvalue weighted by atomic mass is 10.1. The number of aromatic nitrogens is 6. The summed E-state index contributed by atoms with van der Waals surface area (Å²) in [6.07, 6.45) is 0. The van der Waals surface area contributed by atoms with Crippen molar-refractivity contribution in [3.05, 3.63) is 76.6 Å². The molecule has 0 fully saturated rings. The summed E-state index contributed by atoms with van der Waals surface area (Å²) in [5.41, 5.74) is 6.31. The molecule has 2 aromatic heterocycles. The van der Waals surface area contributed by atoms with Crippen molar-refractivity contribution in [2.24, 2.45) is 0 Å². The van der Waals surface area contributed by atoms with Crippen molar-refractivity contribution in [3.63, 3.8) is 0 Å². The Kier molecular flexibility index (Phi) is 5.14. The van der Waals surface area contributed by atoms with E-state index in [1.54, 1.807) is 4.68 Å². The fourth-order valence-electron chi connectivity index (χ4n) is 3.15. The Balaban J connectivity index is 1.69. The second-order valence-corrected chi connectivity index (χ2v) is 7.59. The number of aryl methyl sites for hydroxylation is 2. The van der Waals surface area contributed by atoms with Crippen molar-refractivity contribution >= 4 is 11.8 Å². The Hall–Kier alpha value is -3.44. The second-order valence-electron chi connectivity index (χ2n) is 6.65. The van der Waals surface area contributed by atoms with Crippen molar-refractivity contribution in [2.75, 3.05) is 0 Å². The summed E-state index contributed by atoms with van der Waals surface area (Å²) in [7, 11) is 0. The van der Waals surface area contributed by atoms with Crippen molar-refractivity contribution in [3.8, 4) is 17.4 Å². The van der Waals surface area contributed by atoms with Gasteiger partial charge in [-0.25, -0.2) is 4.68 Å². The highest BCUT2D eigenvalue weighted by molar-refractivity contribution is 7.98. The zero-order valence-electron chi connectivity index (χ0n) is 16.4. The molecular weight excluding hydrogens is 382 g/mol. The zero-order chi connectivity index (χ0) is 20.4. The lowest BCUT2D eigenvalue weighted by Crippen LogP contribution is -2.04. The molecule has 29 heavy (non-hydrogen) atoms. The third kappa shape index (κ3) is 3.52. The third-order valence-electron chi connectivity index (χ3n) is 4.85. The molecule has 0 N–H and O–H groups in total. The van der Waals surface area contributed by atoms with Crippen molar-refractivity contribution in [2.45, 2.75) is 31.7 Å². The Morgan fingerprint density at radius 2 is 1.79 bits per heavy atom. The molecule has 0 bridgehead atoms. The molecule has 2 aromatic carbocycles. The van der Waals surface area contributed by atoms with Crippen LogP contribution >= 0.6 is 11.8 Å². The van der Waals surface area contributed by atoms with Crippen LogP contribution in [0, 0.1) is 32.1 Å². The van der Waals surface area contributed by atoms with E-state index in [0.29, 0.717) is 22.2 Å². The van der Waals surface area contributed by atoms with Crippen LogP contribution < -0.4 is 0 Å². The summed E-state index contributed by atoms with van der Waals surface area (Å²) in [6, 6.07) is 18.2. The van der Waals surface area contributed by atoms with Crippen LogP contribution in [-0.4, -0.2) is 30.0 Å². The lowest BCUT2D eigenvalue weighted by molar-refractivity contribution is 0.750. The van der Waals surface area contributed by atoms with E-state index in [-0.39, 0.29) is 0 Å². The predicted octanol–water partition coefficient (Wildman–Crippen LogP) is 3.94. The highest BCUT2D eigenvalue weighted by atomic mass is 32.2. The van der Waals surface area contributed by atoms with Crippen LogP contribution in [0.1, 0.15) is 28.1 Å². The van der Waals surface area contributed by atoms with E-state index in [9.17, 15) is 5.26 Å². The molecule has 0 spiro atoms. The minimum absolute atomic E-state index is 0.518. The van der Waals surface area contributed by atoms with Crippen molar-refractivity contribution in [1.29, 1.82) is 5.26 Å². The Bertz CT molecular complexity index is 1200. The highest BCUT2D eigenvalue weighted by Gasteiger charge is 2.19. The summed E-state index contributed by atoms with van der Waals surface area (Å²) >= 11 is 1.48. The number of tetrazole rings is 1. The Labute approximate surface area is 173 Å². The number of nitrogens with zero attached hydrogens (tertiary/aromatic N) is 7. The van der Waals surface area contributed by atoms with Crippen molar-refractivity contribution in [1.82, 2.24) is 30.0 Å². The van der Waals surface area contributed by atoms with Gasteiger partial charge in [0.15, 0.2) is 0 Å². The van der Waals surface area contributed by atoms with Crippen molar-refractivity contribution < 1.29 is 0 Å². The van der Waals surface area contributed by atoms with E-state index in [4.69, 9.17) is 0 Å². The van der Waals surface area contributed by atoms with Gasteiger partial charge in [0, 0.05) is 5.75 Å². The van der Waals surface area contributed by atoms with Gasteiger partial charge in [0.2, 0.25) is 5.16 Å². The average Bonchev–Trinajstić information content (AvgIpc) is 3.32. The number of nitriles is 1. The van der Waals surface area contributed by atoms with Gasteiger partial charge in [-0.3, -0.25) is 0 Å². The molecule has 0 saturated heterocycles. The summed E-state index contributed by atoms with van der Waals surface area (Å²) in [5.74, 6) is 0.518. The van der Waals surface area contributed by atoms with Gasteiger partial charge in [0.25, 0.3) is 0 Å². The molecule has 0 aliphatic carbocycles. The minimum Gasteiger partial charge on any atom is -0.235 e. The normalized spacial score (nSPS) is 10.8. The number of hydrogen-bond donors (Lipinski definition) is 0. The maximum atomic E-state index is 9.66. The van der Waals surface area contributed by atoms with E-state index < -0.39 is 0 Å². The van der Waals surface area contributed by atoms with Crippen LogP contribution in [0.15, 0.2) is 53.7 Å². The molecule has 144 valence electrons. The van der Waals surface area contributed by atoms with Crippen LogP contribution in [0.2, 0.25) is 0 Å². The van der Waals surface area contributed by atoms with Gasteiger partial charge >= 0.3 is 0 Å². The van der Waals surface area contributed by atoms with E-state index >= 15 is 0 Å². The van der Waals surface area contributed by atoms with Gasteiger partial charge in [-0.15, -0.1) is 5.10 Å². The molecular formula is C21H19N7S. The van der Waals surface area contributed by atoms with Gasteiger partial charge in [0.1, 0.15) is 6.07 Å². The third-order valence-corrected chi connectivity index (χ3v) is 5.78. The highest BCUT2D eigenvalue weighted by Crippen LogP contribution is 2.28. The topological polar surface area (TPSA) is 85.2 Å². The van der Waals surface area contributed by atoms with Gasteiger partial charge in [-0.05, 0) is 60.5 Å². The molecule has 0 aliphatic rings. The summed E-state index contributed by atoms with van der Waals surface area (Å²) in [6.45, 7) is 5.98. The summed E-state index contributed by atoms with van der Waals surface area (Å²) < 4.78 is 3.57. The first kappa shape index (κ1) is 18.9. The number of para-hydroxylation sites is 1. The van der Waals surface area contributed by atoms with E-state index in [1.807, 2.05) is 54.1 Å². The summed E-state index contributed by atoms with van der Waals surface area (Å²) in [5, 5.41) is 27.1. The molecule has 0 radical (unpaired) electrons. The second kappa shape index (κ2) is 7.89. The maximum Gasteiger partial charge on any atom is 0.214 e. The molecule has 4 aromatic rings. The van der Waals surface area contributed by atoms with Crippen LogP contribution in [0.5, 0.6) is 0 Å². The fraction of sp³-hybridized carbons (Fsp3) is 0.190. The summed E-state index contributed by atoms with van der Waals surface area (Å²) in [4.78, 5) is 0. The molecule has 0 aliphatic heterocycles. The number of benzene rings is 2. The molecule has 8 heteroatoms. The Morgan fingerprint density at radius 3 is 2.55 bits per heavy atom. The Morgan fingerprint density at radius 1 is 1.00 bits per heavy atom. The molecule has 0 atom stereocenters. The SMILES string of the molecule is Cc1cccc(-n2nnnc2SCc2c(C#N)c(C)nn2-c2ccccc2)c1C. The predicted molar refractivity (Wildman–Crippen MR) is 111 cm³/mol. The standard InChI is InChI=1S/C21H19N7S/c1-14-8-7-11-19(15(14)2)28-21(23-25-26-28)29-13-20-18(12-22)16(3)24-27(20)17-9-5-4-6-10-17/h4-11H,13H2,1-3H3. The molecule has 4 rings (SSSR count). The van der Waals surface area contributed by atoms with Crippen LogP contribution in [-0.2, 0) is 5.75 Å². The van der Waals surface area contributed by atoms with E-state index in [0.717, 1.165) is 22.6 Å². The maximum absolute atomic E-state index is 9.66. The smallest absolute Gasteiger partial charge is 0.214 e. The first-order valence-corrected chi connectivity index (χ1v) is 10.1. The van der Waals surface area contributed by atoms with Crippen LogP contribution in [0.25, 0.3) is 11.4 Å². The monoisotopic (exact) mass is 401 g/mol. The largest absolute Gasteiger partial charge is 0.235 e. The van der Waals surface area contributed by atoms with Gasteiger partial charge in [0.05, 0.1) is 28.3 Å². The van der Waals surface area contributed by atoms with E-state index in [1.165, 1.54) is 17.3 Å². The van der Waals surface area contributed by atoms with Crippen LogP contribution in [0.4, 0.5) is 0 Å². The molecule has 2 heterocycles. The molecule has 0 saturated carbocycles. The van der Waals surface area contributed by atoms with Gasteiger partial charge < -0.3 is 0 Å². The number of hydrogen-bond acceptors (Lipinski definition) is 6. The molecule has 0 amide bonds. The minimum atomic E-state index is 0.518. The lowest BCUT2D eigenvalue weighted by Gasteiger charge is -2.10. The molecule has 0 unspecified atom stereocenters. The van der Waals surface area contributed by atoms with Gasteiger partial charge in [-0.1, -0.05) is 42.1 Å². The van der Waals surface area contributed by atoms with E-state index in [2.05, 4.69) is 46.6 Å². The molecule has 7 nitrogen and oxygen atoms in total. The first-order valence-electron chi connectivity index (χ1n) is 9.12. The van der Waals surface area contributed by atoms with Crippen LogP contribution in [0.3, 0.4) is 0 Å². The number of thioether (sulfide) groups is 1. The first-order chi connectivity index (χ1) is 14.1.